The number of nitrogens with zero attached hydrogens (tertiary/aromatic N) is 3. The second kappa shape index (κ2) is 6.86. The standard InChI is InChI=1S/C19H29N3O/c1-23-18-16-7-8-17(18)13-22(12-16)11-14-9-20-19(21-10-14)15-5-3-2-4-6-15/h9-10,15-18H,2-8,11-13H2,1H3/t16-,17+,18?. The van der Waals surface area contributed by atoms with Gasteiger partial charge in [-0.05, 0) is 37.5 Å². The van der Waals surface area contributed by atoms with Crippen LogP contribution in [-0.2, 0) is 11.3 Å². The van der Waals surface area contributed by atoms with Crippen LogP contribution in [0, 0.1) is 11.8 Å². The molecule has 126 valence electrons. The van der Waals surface area contributed by atoms with Crippen molar-refractivity contribution in [1.29, 1.82) is 0 Å². The van der Waals surface area contributed by atoms with Crippen molar-refractivity contribution in [2.75, 3.05) is 20.2 Å². The Morgan fingerprint density at radius 3 is 2.26 bits per heavy atom. The summed E-state index contributed by atoms with van der Waals surface area (Å²) in [6.45, 7) is 3.33. The van der Waals surface area contributed by atoms with Crippen LogP contribution in [0.1, 0.15) is 62.3 Å². The molecule has 4 nitrogen and oxygen atoms in total. The maximum atomic E-state index is 5.71. The molecule has 2 aliphatic carbocycles. The molecule has 2 bridgehead atoms. The first-order valence-corrected chi connectivity index (χ1v) is 9.39. The van der Waals surface area contributed by atoms with E-state index < -0.39 is 0 Å². The normalized spacial score (nSPS) is 32.3. The van der Waals surface area contributed by atoms with Gasteiger partial charge in [0.05, 0.1) is 6.10 Å². The van der Waals surface area contributed by atoms with Gasteiger partial charge in [-0.25, -0.2) is 9.97 Å². The minimum Gasteiger partial charge on any atom is -0.381 e. The lowest BCUT2D eigenvalue weighted by molar-refractivity contribution is -0.0180. The molecule has 1 aromatic rings. The zero-order valence-corrected chi connectivity index (χ0v) is 14.3. The number of piperidine rings is 1. The summed E-state index contributed by atoms with van der Waals surface area (Å²) >= 11 is 0. The Bertz CT molecular complexity index is 498. The molecule has 0 radical (unpaired) electrons. The molecule has 2 saturated carbocycles. The van der Waals surface area contributed by atoms with Crippen LogP contribution in [0.3, 0.4) is 0 Å². The summed E-state index contributed by atoms with van der Waals surface area (Å²) in [5.41, 5.74) is 1.26. The molecule has 0 spiro atoms. The summed E-state index contributed by atoms with van der Waals surface area (Å²) in [5, 5.41) is 0. The number of likely N-dealkylation sites (tertiary alicyclic amines) is 1. The van der Waals surface area contributed by atoms with Crippen molar-refractivity contribution in [1.82, 2.24) is 14.9 Å². The van der Waals surface area contributed by atoms with Gasteiger partial charge in [0.2, 0.25) is 0 Å². The van der Waals surface area contributed by atoms with Gasteiger partial charge in [0.25, 0.3) is 0 Å². The molecule has 0 amide bonds. The molecule has 4 rings (SSSR count). The van der Waals surface area contributed by atoms with Crippen molar-refractivity contribution < 1.29 is 4.74 Å². The van der Waals surface area contributed by atoms with Crippen LogP contribution in [0.2, 0.25) is 0 Å². The Morgan fingerprint density at radius 2 is 1.65 bits per heavy atom. The van der Waals surface area contributed by atoms with E-state index in [4.69, 9.17) is 14.7 Å². The monoisotopic (exact) mass is 315 g/mol. The Balaban J connectivity index is 1.36. The van der Waals surface area contributed by atoms with Crippen LogP contribution in [0.4, 0.5) is 0 Å². The van der Waals surface area contributed by atoms with Gasteiger partial charge >= 0.3 is 0 Å². The highest BCUT2D eigenvalue weighted by Gasteiger charge is 2.42. The minimum absolute atomic E-state index is 0.496. The lowest BCUT2D eigenvalue weighted by Gasteiger charge is -2.37. The second-order valence-electron chi connectivity index (χ2n) is 7.78. The molecule has 1 unspecified atom stereocenters. The summed E-state index contributed by atoms with van der Waals surface area (Å²) in [5.74, 6) is 3.13. The van der Waals surface area contributed by atoms with E-state index in [0.29, 0.717) is 12.0 Å². The molecule has 23 heavy (non-hydrogen) atoms. The topological polar surface area (TPSA) is 38.2 Å². The van der Waals surface area contributed by atoms with Crippen LogP contribution in [0.5, 0.6) is 0 Å². The lowest BCUT2D eigenvalue weighted by Crippen LogP contribution is -2.45. The zero-order valence-electron chi connectivity index (χ0n) is 14.3. The van der Waals surface area contributed by atoms with Gasteiger partial charge in [-0.2, -0.15) is 0 Å². The molecular formula is C19H29N3O. The third-order valence-corrected chi connectivity index (χ3v) is 6.20. The number of ether oxygens (including phenoxy) is 1. The first kappa shape index (κ1) is 15.5. The fraction of sp³-hybridized carbons (Fsp3) is 0.789. The summed E-state index contributed by atoms with van der Waals surface area (Å²) < 4.78 is 5.71. The number of fused-ring (bicyclic) bond motifs is 2. The Labute approximate surface area is 139 Å². The smallest absolute Gasteiger partial charge is 0.131 e. The van der Waals surface area contributed by atoms with Gasteiger partial charge in [-0.1, -0.05) is 19.3 Å². The van der Waals surface area contributed by atoms with Crippen molar-refractivity contribution in [3.8, 4) is 0 Å². The maximum absolute atomic E-state index is 5.71. The summed E-state index contributed by atoms with van der Waals surface area (Å²) in [6.07, 6.45) is 13.9. The molecule has 1 aromatic heterocycles. The molecule has 4 heteroatoms. The highest BCUT2D eigenvalue weighted by atomic mass is 16.5. The van der Waals surface area contributed by atoms with Crippen molar-refractivity contribution >= 4 is 0 Å². The van der Waals surface area contributed by atoms with E-state index in [2.05, 4.69) is 17.3 Å². The summed E-state index contributed by atoms with van der Waals surface area (Å²) in [6, 6.07) is 0. The maximum Gasteiger partial charge on any atom is 0.131 e. The van der Waals surface area contributed by atoms with E-state index in [1.54, 1.807) is 0 Å². The quantitative estimate of drug-likeness (QED) is 0.854. The van der Waals surface area contributed by atoms with Crippen molar-refractivity contribution in [3.05, 3.63) is 23.8 Å². The van der Waals surface area contributed by atoms with Gasteiger partial charge < -0.3 is 4.74 Å². The zero-order chi connectivity index (χ0) is 15.6. The fourth-order valence-electron chi connectivity index (χ4n) is 5.06. The van der Waals surface area contributed by atoms with Gasteiger partial charge in [0.1, 0.15) is 5.82 Å². The second-order valence-corrected chi connectivity index (χ2v) is 7.78. The molecule has 3 aliphatic rings. The van der Waals surface area contributed by atoms with Crippen LogP contribution < -0.4 is 0 Å². The predicted molar refractivity (Wildman–Crippen MR) is 90.1 cm³/mol. The van der Waals surface area contributed by atoms with E-state index in [-0.39, 0.29) is 0 Å². The average Bonchev–Trinajstić information content (AvgIpc) is 2.86. The molecule has 0 aromatic carbocycles. The Morgan fingerprint density at radius 1 is 1.00 bits per heavy atom. The first-order valence-electron chi connectivity index (χ1n) is 9.39. The highest BCUT2D eigenvalue weighted by Crippen LogP contribution is 2.39. The third-order valence-electron chi connectivity index (χ3n) is 6.20. The van der Waals surface area contributed by atoms with Crippen LogP contribution in [-0.4, -0.2) is 41.2 Å². The summed E-state index contributed by atoms with van der Waals surface area (Å²) in [4.78, 5) is 12.0. The van der Waals surface area contributed by atoms with Gasteiger partial charge in [0, 0.05) is 50.6 Å². The Hall–Kier alpha value is -1.00. The van der Waals surface area contributed by atoms with E-state index >= 15 is 0 Å². The largest absolute Gasteiger partial charge is 0.381 e. The van der Waals surface area contributed by atoms with Gasteiger partial charge in [-0.15, -0.1) is 0 Å². The lowest BCUT2D eigenvalue weighted by atomic mass is 9.89. The third kappa shape index (κ3) is 3.29. The SMILES string of the molecule is COC1[C@@H]2CC[C@H]1CN(Cc1cnc(C3CCCCC3)nc1)C2. The molecule has 1 saturated heterocycles. The highest BCUT2D eigenvalue weighted by molar-refractivity contribution is 5.09. The molecule has 3 fully saturated rings. The van der Waals surface area contributed by atoms with Crippen molar-refractivity contribution in [2.24, 2.45) is 11.8 Å². The molecule has 2 heterocycles. The van der Waals surface area contributed by atoms with E-state index in [0.717, 1.165) is 24.2 Å². The van der Waals surface area contributed by atoms with Crippen LogP contribution in [0.25, 0.3) is 0 Å². The predicted octanol–water partition coefficient (Wildman–Crippen LogP) is 3.38. The van der Waals surface area contributed by atoms with Crippen LogP contribution in [0.15, 0.2) is 12.4 Å². The molecule has 3 atom stereocenters. The number of rotatable bonds is 4. The molecule has 0 N–H and O–H groups in total. The average molecular weight is 315 g/mol. The minimum atomic E-state index is 0.496. The van der Waals surface area contributed by atoms with E-state index in [1.807, 2.05) is 7.11 Å². The van der Waals surface area contributed by atoms with E-state index in [9.17, 15) is 0 Å². The number of hydrogen-bond donors (Lipinski definition) is 0. The molecule has 1 aliphatic heterocycles. The van der Waals surface area contributed by atoms with Gasteiger partial charge in [0.15, 0.2) is 0 Å². The van der Waals surface area contributed by atoms with Crippen LogP contribution >= 0.6 is 0 Å². The summed E-state index contributed by atoms with van der Waals surface area (Å²) in [7, 11) is 1.88. The van der Waals surface area contributed by atoms with Gasteiger partial charge in [-0.3, -0.25) is 4.90 Å². The van der Waals surface area contributed by atoms with E-state index in [1.165, 1.54) is 63.6 Å². The van der Waals surface area contributed by atoms with Crippen molar-refractivity contribution in [2.45, 2.75) is 63.5 Å². The Kier molecular flexibility index (Phi) is 4.63. The fourth-order valence-corrected chi connectivity index (χ4v) is 5.06. The number of methoxy groups -OCH3 is 1. The van der Waals surface area contributed by atoms with Crippen molar-refractivity contribution in [3.63, 3.8) is 0 Å². The number of hydrogen-bond acceptors (Lipinski definition) is 4. The molecular weight excluding hydrogens is 286 g/mol. The number of aromatic nitrogens is 2. The first-order chi connectivity index (χ1) is 11.3.